The number of aldehydes is 4. The van der Waals surface area contributed by atoms with Crippen LogP contribution < -0.4 is 10.6 Å². The van der Waals surface area contributed by atoms with Crippen molar-refractivity contribution >= 4 is 25.1 Å². The molecule has 0 aliphatic heterocycles. The topological polar surface area (TPSA) is 133 Å². The number of rotatable bonds is 11. The average molecular weight is 260 g/mol. The zero-order valence-electron chi connectivity index (χ0n) is 9.56. The molecular weight excluding hydrogens is 244 g/mol. The highest BCUT2D eigenvalue weighted by atomic mass is 16.3. The number of carbonyl (C=O) groups is 4. The number of carbonyl (C=O) groups excluding carboxylic acids is 4. The second kappa shape index (κ2) is 9.54. The van der Waals surface area contributed by atoms with Crippen molar-refractivity contribution in [2.75, 3.05) is 13.1 Å². The molecule has 4 unspecified atom stereocenters. The molecule has 18 heavy (non-hydrogen) atoms. The van der Waals surface area contributed by atoms with Crippen LogP contribution in [-0.4, -0.2) is 72.7 Å². The zero-order chi connectivity index (χ0) is 14.0. The van der Waals surface area contributed by atoms with Crippen molar-refractivity contribution in [3.8, 4) is 0 Å². The molecule has 0 aromatic rings. The highest BCUT2D eigenvalue weighted by molar-refractivity contribution is 5.70. The van der Waals surface area contributed by atoms with E-state index in [1.165, 1.54) is 0 Å². The van der Waals surface area contributed by atoms with Crippen molar-refractivity contribution in [3.05, 3.63) is 0 Å². The first kappa shape index (κ1) is 16.5. The molecule has 0 heterocycles. The van der Waals surface area contributed by atoms with E-state index < -0.39 is 24.3 Å². The second-order valence-corrected chi connectivity index (χ2v) is 3.49. The number of nitrogens with one attached hydrogen (secondary N) is 2. The monoisotopic (exact) mass is 260 g/mol. The van der Waals surface area contributed by atoms with Gasteiger partial charge in [-0.05, 0) is 0 Å². The third kappa shape index (κ3) is 5.73. The van der Waals surface area contributed by atoms with Crippen molar-refractivity contribution in [2.24, 2.45) is 0 Å². The molecule has 4 N–H and O–H groups in total. The average Bonchev–Trinajstić information content (AvgIpc) is 2.41. The first-order valence-electron chi connectivity index (χ1n) is 5.24. The molecule has 0 saturated heterocycles. The van der Waals surface area contributed by atoms with Crippen LogP contribution >= 0.6 is 0 Å². The van der Waals surface area contributed by atoms with Gasteiger partial charge in [0.2, 0.25) is 0 Å². The van der Waals surface area contributed by atoms with Crippen molar-refractivity contribution in [2.45, 2.75) is 24.3 Å². The maximum Gasteiger partial charge on any atom is 0.150 e. The largest absolute Gasteiger partial charge is 0.384 e. The minimum atomic E-state index is -1.44. The van der Waals surface area contributed by atoms with Gasteiger partial charge in [0.25, 0.3) is 0 Å². The van der Waals surface area contributed by atoms with Crippen LogP contribution in [0.5, 0.6) is 0 Å². The smallest absolute Gasteiger partial charge is 0.150 e. The first-order chi connectivity index (χ1) is 8.60. The standard InChI is InChI=1S/C10H16N2O6/c13-3-7(9(17)5-15)11-1-2-12-8(4-14)10(18)6-16/h3-12,17-18H,1-2H2. The van der Waals surface area contributed by atoms with Gasteiger partial charge in [-0.25, -0.2) is 0 Å². The Labute approximate surface area is 103 Å². The van der Waals surface area contributed by atoms with Gasteiger partial charge in [0.15, 0.2) is 12.6 Å². The van der Waals surface area contributed by atoms with E-state index in [9.17, 15) is 19.2 Å². The number of aliphatic hydroxyl groups is 2. The number of aliphatic hydroxyl groups excluding tert-OH is 2. The molecule has 8 nitrogen and oxygen atoms in total. The van der Waals surface area contributed by atoms with E-state index in [4.69, 9.17) is 10.2 Å². The Hall–Kier alpha value is -1.48. The molecule has 0 amide bonds. The molecule has 0 aromatic heterocycles. The van der Waals surface area contributed by atoms with E-state index in [1.807, 2.05) is 0 Å². The van der Waals surface area contributed by atoms with E-state index in [0.717, 1.165) is 0 Å². The fraction of sp³-hybridized carbons (Fsp3) is 0.600. The fourth-order valence-electron chi connectivity index (χ4n) is 1.15. The van der Waals surface area contributed by atoms with Crippen LogP contribution in [0.15, 0.2) is 0 Å². The predicted molar refractivity (Wildman–Crippen MR) is 59.9 cm³/mol. The summed E-state index contributed by atoms with van der Waals surface area (Å²) in [6.07, 6.45) is -1.66. The number of hydrogen-bond donors (Lipinski definition) is 4. The Bertz CT molecular complexity index is 258. The molecule has 0 aliphatic rings. The van der Waals surface area contributed by atoms with Crippen LogP contribution in [-0.2, 0) is 19.2 Å². The summed E-state index contributed by atoms with van der Waals surface area (Å²) in [5.74, 6) is 0. The highest BCUT2D eigenvalue weighted by Crippen LogP contribution is 1.87. The lowest BCUT2D eigenvalue weighted by Crippen LogP contribution is -2.48. The minimum absolute atomic E-state index is 0.157. The lowest BCUT2D eigenvalue weighted by molar-refractivity contribution is -0.121. The summed E-state index contributed by atoms with van der Waals surface area (Å²) in [7, 11) is 0. The van der Waals surface area contributed by atoms with Crippen LogP contribution in [0, 0.1) is 0 Å². The van der Waals surface area contributed by atoms with Gasteiger partial charge in [0.05, 0.1) is 12.1 Å². The minimum Gasteiger partial charge on any atom is -0.384 e. The van der Waals surface area contributed by atoms with Gasteiger partial charge in [0, 0.05) is 13.1 Å². The second-order valence-electron chi connectivity index (χ2n) is 3.49. The van der Waals surface area contributed by atoms with Crippen LogP contribution in [0.25, 0.3) is 0 Å². The summed E-state index contributed by atoms with van der Waals surface area (Å²) < 4.78 is 0. The van der Waals surface area contributed by atoms with E-state index in [-0.39, 0.29) is 25.7 Å². The summed E-state index contributed by atoms with van der Waals surface area (Å²) in [4.78, 5) is 41.5. The van der Waals surface area contributed by atoms with Gasteiger partial charge in [-0.15, -0.1) is 0 Å². The Morgan fingerprint density at radius 3 is 1.28 bits per heavy atom. The van der Waals surface area contributed by atoms with E-state index in [1.54, 1.807) is 0 Å². The zero-order valence-corrected chi connectivity index (χ0v) is 9.56. The summed E-state index contributed by atoms with van der Waals surface area (Å²) in [5, 5.41) is 23.3. The summed E-state index contributed by atoms with van der Waals surface area (Å²) >= 11 is 0. The fourth-order valence-corrected chi connectivity index (χ4v) is 1.15. The van der Waals surface area contributed by atoms with Crippen molar-refractivity contribution < 1.29 is 29.4 Å². The van der Waals surface area contributed by atoms with Crippen LogP contribution in [0.3, 0.4) is 0 Å². The summed E-state index contributed by atoms with van der Waals surface area (Å²) in [6.45, 7) is 0.314. The van der Waals surface area contributed by atoms with E-state index >= 15 is 0 Å². The molecule has 8 heteroatoms. The predicted octanol–water partition coefficient (Wildman–Crippen LogP) is -3.58. The molecule has 0 rings (SSSR count). The normalized spacial score (nSPS) is 17.2. The van der Waals surface area contributed by atoms with Crippen molar-refractivity contribution in [1.82, 2.24) is 10.6 Å². The van der Waals surface area contributed by atoms with Gasteiger partial charge >= 0.3 is 0 Å². The molecule has 0 bridgehead atoms. The van der Waals surface area contributed by atoms with Gasteiger partial charge in [-0.2, -0.15) is 0 Å². The maximum absolute atomic E-state index is 10.5. The van der Waals surface area contributed by atoms with E-state index in [0.29, 0.717) is 12.6 Å². The first-order valence-corrected chi connectivity index (χ1v) is 5.24. The molecule has 0 aliphatic carbocycles. The van der Waals surface area contributed by atoms with Gasteiger partial charge in [0.1, 0.15) is 24.8 Å². The summed E-state index contributed by atoms with van der Waals surface area (Å²) in [5.41, 5.74) is 0. The molecule has 0 fully saturated rings. The van der Waals surface area contributed by atoms with Crippen LogP contribution in [0.2, 0.25) is 0 Å². The molecular formula is C10H16N2O6. The molecule has 0 aromatic carbocycles. The quantitative estimate of drug-likeness (QED) is 0.221. The maximum atomic E-state index is 10.5. The number of hydrogen-bond acceptors (Lipinski definition) is 8. The van der Waals surface area contributed by atoms with Crippen LogP contribution in [0.1, 0.15) is 0 Å². The Kier molecular flexibility index (Phi) is 8.76. The Morgan fingerprint density at radius 2 is 1.06 bits per heavy atom. The third-order valence-electron chi connectivity index (χ3n) is 2.19. The van der Waals surface area contributed by atoms with Gasteiger partial charge in [-0.1, -0.05) is 0 Å². The molecule has 0 radical (unpaired) electrons. The van der Waals surface area contributed by atoms with E-state index in [2.05, 4.69) is 10.6 Å². The molecule has 4 atom stereocenters. The Morgan fingerprint density at radius 1 is 0.722 bits per heavy atom. The summed E-state index contributed by atoms with van der Waals surface area (Å²) in [6, 6.07) is -2.06. The van der Waals surface area contributed by atoms with Gasteiger partial charge < -0.3 is 40.0 Å². The van der Waals surface area contributed by atoms with Crippen molar-refractivity contribution in [3.63, 3.8) is 0 Å². The third-order valence-corrected chi connectivity index (χ3v) is 2.19. The molecule has 0 spiro atoms. The van der Waals surface area contributed by atoms with Gasteiger partial charge in [-0.3, -0.25) is 0 Å². The highest BCUT2D eigenvalue weighted by Gasteiger charge is 2.18. The Balaban J connectivity index is 3.96. The lowest BCUT2D eigenvalue weighted by atomic mass is 10.2. The molecule has 102 valence electrons. The lowest BCUT2D eigenvalue weighted by Gasteiger charge is -2.17. The molecule has 0 saturated carbocycles. The van der Waals surface area contributed by atoms with Crippen molar-refractivity contribution in [1.29, 1.82) is 0 Å². The SMILES string of the molecule is O=CC(O)C(C=O)NCCNC(C=O)C(O)C=O. The van der Waals surface area contributed by atoms with Crippen LogP contribution in [0.4, 0.5) is 0 Å².